The Kier molecular flexibility index (Phi) is 6.32. The molecule has 1 saturated heterocycles. The Balaban J connectivity index is 1.49. The number of rotatable bonds is 8. The van der Waals surface area contributed by atoms with Gasteiger partial charge in [-0.3, -0.25) is 0 Å². The van der Waals surface area contributed by atoms with Crippen molar-refractivity contribution >= 4 is 11.8 Å². The van der Waals surface area contributed by atoms with Crippen LogP contribution in [0.3, 0.4) is 0 Å². The lowest BCUT2D eigenvalue weighted by atomic mass is 9.84. The third-order valence-electron chi connectivity index (χ3n) is 4.56. The van der Waals surface area contributed by atoms with Gasteiger partial charge in [-0.1, -0.05) is 42.1 Å². The van der Waals surface area contributed by atoms with E-state index in [4.69, 9.17) is 4.74 Å². The van der Waals surface area contributed by atoms with Crippen molar-refractivity contribution in [1.82, 2.24) is 5.32 Å². The highest BCUT2D eigenvalue weighted by atomic mass is 32.2. The molecule has 1 aliphatic rings. The predicted molar refractivity (Wildman–Crippen MR) is 98.3 cm³/mol. The quantitative estimate of drug-likeness (QED) is 0.766. The Bertz CT molecular complexity index is 609. The first-order chi connectivity index (χ1) is 11.8. The van der Waals surface area contributed by atoms with Crippen molar-refractivity contribution in [3.8, 4) is 0 Å². The maximum Gasteiger partial charge on any atom is 0.0536 e. The van der Waals surface area contributed by atoms with Crippen molar-refractivity contribution in [2.75, 3.05) is 26.4 Å². The fourth-order valence-corrected chi connectivity index (χ4v) is 3.92. The van der Waals surface area contributed by atoms with Crippen molar-refractivity contribution in [2.24, 2.45) is 5.41 Å². The molecule has 4 heteroatoms. The van der Waals surface area contributed by atoms with Gasteiger partial charge in [0.05, 0.1) is 6.61 Å². The van der Waals surface area contributed by atoms with Crippen LogP contribution >= 0.6 is 11.8 Å². The van der Waals surface area contributed by atoms with Crippen LogP contribution in [0.1, 0.15) is 18.4 Å². The van der Waals surface area contributed by atoms with Crippen LogP contribution in [-0.2, 0) is 11.3 Å². The summed E-state index contributed by atoms with van der Waals surface area (Å²) in [5.74, 6) is 0. The molecule has 0 amide bonds. The van der Waals surface area contributed by atoms with Crippen molar-refractivity contribution in [3.05, 3.63) is 60.2 Å². The molecule has 3 nitrogen and oxygen atoms in total. The van der Waals surface area contributed by atoms with Gasteiger partial charge < -0.3 is 15.2 Å². The van der Waals surface area contributed by atoms with Gasteiger partial charge in [-0.25, -0.2) is 0 Å². The number of ether oxygens (including phenoxy) is 1. The van der Waals surface area contributed by atoms with E-state index in [9.17, 15) is 5.11 Å². The van der Waals surface area contributed by atoms with Crippen LogP contribution in [0.5, 0.6) is 0 Å². The molecule has 0 saturated carbocycles. The summed E-state index contributed by atoms with van der Waals surface area (Å²) in [6.07, 6.45) is 1.85. The van der Waals surface area contributed by atoms with E-state index in [0.29, 0.717) is 0 Å². The summed E-state index contributed by atoms with van der Waals surface area (Å²) >= 11 is 1.78. The zero-order chi connectivity index (χ0) is 16.7. The van der Waals surface area contributed by atoms with E-state index in [0.717, 1.165) is 39.1 Å². The molecule has 2 aromatic carbocycles. The van der Waals surface area contributed by atoms with E-state index in [1.165, 1.54) is 15.4 Å². The molecule has 1 heterocycles. The minimum atomic E-state index is 0.109. The minimum Gasteiger partial charge on any atom is -0.396 e. The van der Waals surface area contributed by atoms with Gasteiger partial charge in [-0.15, -0.1) is 0 Å². The maximum atomic E-state index is 9.27. The standard InChI is InChI=1S/C20H25NO2S/c22-12-10-20(11-13-23-16-20)15-21-14-17-6-8-19(9-7-17)24-18-4-2-1-3-5-18/h1-9,21-22H,10-16H2. The van der Waals surface area contributed by atoms with Gasteiger partial charge >= 0.3 is 0 Å². The van der Waals surface area contributed by atoms with E-state index >= 15 is 0 Å². The largest absolute Gasteiger partial charge is 0.396 e. The SMILES string of the molecule is OCCC1(CNCc2ccc(Sc3ccccc3)cc2)CCOC1. The maximum absolute atomic E-state index is 9.27. The molecule has 1 aliphatic heterocycles. The molecule has 0 bridgehead atoms. The Morgan fingerprint density at radius 1 is 1.04 bits per heavy atom. The summed E-state index contributed by atoms with van der Waals surface area (Å²) in [7, 11) is 0. The predicted octanol–water partition coefficient (Wildman–Crippen LogP) is 3.72. The lowest BCUT2D eigenvalue weighted by molar-refractivity contribution is 0.124. The molecule has 1 unspecified atom stereocenters. The first kappa shape index (κ1) is 17.5. The van der Waals surface area contributed by atoms with Gasteiger partial charge in [-0.05, 0) is 42.7 Å². The van der Waals surface area contributed by atoms with Crippen molar-refractivity contribution in [1.29, 1.82) is 0 Å². The second kappa shape index (κ2) is 8.67. The van der Waals surface area contributed by atoms with Gasteiger partial charge in [0.2, 0.25) is 0 Å². The number of aliphatic hydroxyl groups excluding tert-OH is 1. The molecule has 2 N–H and O–H groups in total. The van der Waals surface area contributed by atoms with Crippen LogP contribution in [0.25, 0.3) is 0 Å². The number of benzene rings is 2. The Morgan fingerprint density at radius 3 is 2.46 bits per heavy atom. The van der Waals surface area contributed by atoms with E-state index in [1.807, 2.05) is 6.07 Å². The summed E-state index contributed by atoms with van der Waals surface area (Å²) in [5, 5.41) is 12.8. The summed E-state index contributed by atoms with van der Waals surface area (Å²) in [6, 6.07) is 19.1. The number of aliphatic hydroxyl groups is 1. The highest BCUT2D eigenvalue weighted by Gasteiger charge is 2.33. The fraction of sp³-hybridized carbons (Fsp3) is 0.400. The van der Waals surface area contributed by atoms with Crippen LogP contribution in [0.4, 0.5) is 0 Å². The lowest BCUT2D eigenvalue weighted by Crippen LogP contribution is -2.35. The molecule has 24 heavy (non-hydrogen) atoms. The molecule has 3 rings (SSSR count). The summed E-state index contributed by atoms with van der Waals surface area (Å²) < 4.78 is 5.53. The highest BCUT2D eigenvalue weighted by Crippen LogP contribution is 2.31. The van der Waals surface area contributed by atoms with Crippen molar-refractivity contribution < 1.29 is 9.84 Å². The first-order valence-electron chi connectivity index (χ1n) is 8.51. The van der Waals surface area contributed by atoms with E-state index in [-0.39, 0.29) is 12.0 Å². The van der Waals surface area contributed by atoms with Crippen LogP contribution in [0.2, 0.25) is 0 Å². The van der Waals surface area contributed by atoms with Crippen molar-refractivity contribution in [2.45, 2.75) is 29.2 Å². The van der Waals surface area contributed by atoms with Crippen molar-refractivity contribution in [3.63, 3.8) is 0 Å². The monoisotopic (exact) mass is 343 g/mol. The van der Waals surface area contributed by atoms with Crippen LogP contribution < -0.4 is 5.32 Å². The summed E-state index contributed by atoms with van der Waals surface area (Å²) in [6.45, 7) is 3.55. The summed E-state index contributed by atoms with van der Waals surface area (Å²) in [4.78, 5) is 2.52. The topological polar surface area (TPSA) is 41.5 Å². The van der Waals surface area contributed by atoms with Gasteiger partial charge in [0.15, 0.2) is 0 Å². The Labute approximate surface area is 148 Å². The van der Waals surface area contributed by atoms with Gasteiger partial charge in [0.25, 0.3) is 0 Å². The third-order valence-corrected chi connectivity index (χ3v) is 5.57. The van der Waals surface area contributed by atoms with E-state index in [2.05, 4.69) is 53.8 Å². The van der Waals surface area contributed by atoms with Gasteiger partial charge in [-0.2, -0.15) is 0 Å². The highest BCUT2D eigenvalue weighted by molar-refractivity contribution is 7.99. The smallest absolute Gasteiger partial charge is 0.0536 e. The zero-order valence-electron chi connectivity index (χ0n) is 13.9. The third kappa shape index (κ3) is 4.84. The summed E-state index contributed by atoms with van der Waals surface area (Å²) in [5.41, 5.74) is 1.39. The van der Waals surface area contributed by atoms with E-state index < -0.39 is 0 Å². The fourth-order valence-electron chi connectivity index (χ4n) is 3.08. The van der Waals surface area contributed by atoms with E-state index in [1.54, 1.807) is 11.8 Å². The lowest BCUT2D eigenvalue weighted by Gasteiger charge is -2.26. The molecule has 0 aromatic heterocycles. The minimum absolute atomic E-state index is 0.109. The second-order valence-corrected chi connectivity index (χ2v) is 7.59. The van der Waals surface area contributed by atoms with Crippen LogP contribution in [0, 0.1) is 5.41 Å². The first-order valence-corrected chi connectivity index (χ1v) is 9.33. The Hall–Kier alpha value is -1.33. The average Bonchev–Trinajstić information content (AvgIpc) is 3.06. The molecule has 1 fully saturated rings. The Morgan fingerprint density at radius 2 is 1.79 bits per heavy atom. The number of hydrogen-bond donors (Lipinski definition) is 2. The average molecular weight is 343 g/mol. The molecular formula is C20H25NO2S. The normalized spacial score (nSPS) is 20.4. The van der Waals surface area contributed by atoms with Gasteiger partial charge in [0, 0.05) is 41.5 Å². The molecular weight excluding hydrogens is 318 g/mol. The number of nitrogens with one attached hydrogen (secondary N) is 1. The number of hydrogen-bond acceptors (Lipinski definition) is 4. The molecule has 128 valence electrons. The second-order valence-electron chi connectivity index (χ2n) is 6.44. The van der Waals surface area contributed by atoms with Crippen LogP contribution in [0.15, 0.2) is 64.4 Å². The van der Waals surface area contributed by atoms with Crippen LogP contribution in [-0.4, -0.2) is 31.5 Å². The molecule has 0 radical (unpaired) electrons. The molecule has 2 aromatic rings. The molecule has 1 atom stereocenters. The zero-order valence-corrected chi connectivity index (χ0v) is 14.7. The van der Waals surface area contributed by atoms with Gasteiger partial charge in [0.1, 0.15) is 0 Å². The molecule has 0 aliphatic carbocycles. The molecule has 0 spiro atoms.